The SMILES string of the molecule is O=C(CCc1nc(-c2cccc(C(F)(F)F)c2)no1)NCCc1ccccc1. The van der Waals surface area contributed by atoms with Crippen LogP contribution >= 0.6 is 0 Å². The third-order valence-electron chi connectivity index (χ3n) is 4.06. The highest BCUT2D eigenvalue weighted by atomic mass is 19.4. The van der Waals surface area contributed by atoms with Crippen LogP contribution in [0.5, 0.6) is 0 Å². The highest BCUT2D eigenvalue weighted by Crippen LogP contribution is 2.31. The molecular weight excluding hydrogens is 371 g/mol. The van der Waals surface area contributed by atoms with E-state index >= 15 is 0 Å². The number of nitrogens with zero attached hydrogens (tertiary/aromatic N) is 2. The van der Waals surface area contributed by atoms with Crippen molar-refractivity contribution < 1.29 is 22.5 Å². The average Bonchev–Trinajstić information content (AvgIpc) is 3.16. The van der Waals surface area contributed by atoms with Crippen LogP contribution in [0, 0.1) is 0 Å². The highest BCUT2D eigenvalue weighted by molar-refractivity contribution is 5.76. The largest absolute Gasteiger partial charge is 0.416 e. The molecule has 5 nitrogen and oxygen atoms in total. The maximum atomic E-state index is 12.8. The number of hydrogen-bond donors (Lipinski definition) is 1. The van der Waals surface area contributed by atoms with Gasteiger partial charge in [0, 0.05) is 24.9 Å². The number of nitrogens with one attached hydrogen (secondary N) is 1. The van der Waals surface area contributed by atoms with Gasteiger partial charge < -0.3 is 9.84 Å². The first kappa shape index (κ1) is 19.6. The Labute approximate surface area is 159 Å². The van der Waals surface area contributed by atoms with Crippen LogP contribution in [0.25, 0.3) is 11.4 Å². The van der Waals surface area contributed by atoms with E-state index in [1.165, 1.54) is 12.1 Å². The second-order valence-corrected chi connectivity index (χ2v) is 6.18. The van der Waals surface area contributed by atoms with Gasteiger partial charge in [-0.2, -0.15) is 18.2 Å². The molecule has 0 aliphatic rings. The molecule has 0 bridgehead atoms. The van der Waals surface area contributed by atoms with Crippen LogP contribution in [0.4, 0.5) is 13.2 Å². The fraction of sp³-hybridized carbons (Fsp3) is 0.250. The predicted octanol–water partition coefficient (Wildman–Crippen LogP) is 4.05. The third-order valence-corrected chi connectivity index (χ3v) is 4.06. The quantitative estimate of drug-likeness (QED) is 0.662. The monoisotopic (exact) mass is 389 g/mol. The Kier molecular flexibility index (Phi) is 6.08. The molecular formula is C20H18F3N3O2. The van der Waals surface area contributed by atoms with Gasteiger partial charge in [0.1, 0.15) is 0 Å². The minimum absolute atomic E-state index is 0.0607. The van der Waals surface area contributed by atoms with E-state index in [1.807, 2.05) is 30.3 Å². The molecule has 2 aromatic carbocycles. The molecule has 0 atom stereocenters. The first-order valence-electron chi connectivity index (χ1n) is 8.72. The number of carbonyl (C=O) groups is 1. The lowest BCUT2D eigenvalue weighted by atomic mass is 10.1. The van der Waals surface area contributed by atoms with Gasteiger partial charge in [-0.05, 0) is 24.1 Å². The molecule has 0 saturated carbocycles. The highest BCUT2D eigenvalue weighted by Gasteiger charge is 2.30. The summed E-state index contributed by atoms with van der Waals surface area (Å²) in [4.78, 5) is 16.0. The minimum atomic E-state index is -4.44. The van der Waals surface area contributed by atoms with Crippen molar-refractivity contribution in [3.63, 3.8) is 0 Å². The topological polar surface area (TPSA) is 68.0 Å². The van der Waals surface area contributed by atoms with E-state index < -0.39 is 11.7 Å². The zero-order valence-electron chi connectivity index (χ0n) is 14.9. The molecule has 28 heavy (non-hydrogen) atoms. The van der Waals surface area contributed by atoms with Crippen LogP contribution in [0.3, 0.4) is 0 Å². The van der Waals surface area contributed by atoms with E-state index in [9.17, 15) is 18.0 Å². The van der Waals surface area contributed by atoms with Crippen LogP contribution in [-0.2, 0) is 23.8 Å². The van der Waals surface area contributed by atoms with Crippen LogP contribution in [0.15, 0.2) is 59.1 Å². The number of halogens is 3. The number of hydrogen-bond acceptors (Lipinski definition) is 4. The molecule has 1 N–H and O–H groups in total. The van der Waals surface area contributed by atoms with Gasteiger partial charge in [0.2, 0.25) is 17.6 Å². The van der Waals surface area contributed by atoms with E-state index in [1.54, 1.807) is 0 Å². The summed E-state index contributed by atoms with van der Waals surface area (Å²) in [6.07, 6.45) is -3.35. The van der Waals surface area contributed by atoms with Crippen LogP contribution in [0.2, 0.25) is 0 Å². The van der Waals surface area contributed by atoms with Crippen molar-refractivity contribution in [2.45, 2.75) is 25.4 Å². The summed E-state index contributed by atoms with van der Waals surface area (Å²) in [5.74, 6) is 0.103. The average molecular weight is 389 g/mol. The summed E-state index contributed by atoms with van der Waals surface area (Å²) < 4.78 is 43.4. The lowest BCUT2D eigenvalue weighted by molar-refractivity contribution is -0.137. The molecule has 1 amide bonds. The van der Waals surface area contributed by atoms with E-state index in [0.717, 1.165) is 24.1 Å². The second-order valence-electron chi connectivity index (χ2n) is 6.18. The van der Waals surface area contributed by atoms with Gasteiger partial charge in [-0.25, -0.2) is 0 Å². The molecule has 0 saturated heterocycles. The molecule has 0 spiro atoms. The summed E-state index contributed by atoms with van der Waals surface area (Å²) in [6.45, 7) is 0.516. The lowest BCUT2D eigenvalue weighted by Gasteiger charge is -2.06. The van der Waals surface area contributed by atoms with Gasteiger partial charge in [0.15, 0.2) is 0 Å². The number of alkyl halides is 3. The van der Waals surface area contributed by atoms with Crippen molar-refractivity contribution in [2.75, 3.05) is 6.54 Å². The summed E-state index contributed by atoms with van der Waals surface area (Å²) in [5.41, 5.74) is 0.553. The predicted molar refractivity (Wildman–Crippen MR) is 96.2 cm³/mol. The van der Waals surface area contributed by atoms with E-state index in [4.69, 9.17) is 4.52 Å². The molecule has 1 aromatic heterocycles. The molecule has 0 fully saturated rings. The van der Waals surface area contributed by atoms with E-state index in [2.05, 4.69) is 15.5 Å². The number of aryl methyl sites for hydroxylation is 1. The number of carbonyl (C=O) groups excluding carboxylic acids is 1. The first-order valence-corrected chi connectivity index (χ1v) is 8.72. The third kappa shape index (κ3) is 5.42. The van der Waals surface area contributed by atoms with Crippen molar-refractivity contribution in [1.29, 1.82) is 0 Å². The Balaban J connectivity index is 1.50. The summed E-state index contributed by atoms with van der Waals surface area (Å²) >= 11 is 0. The molecule has 0 radical (unpaired) electrons. The Morgan fingerprint density at radius 2 is 1.82 bits per heavy atom. The summed E-state index contributed by atoms with van der Waals surface area (Å²) in [5, 5.41) is 6.51. The Bertz CT molecular complexity index is 924. The Morgan fingerprint density at radius 3 is 2.57 bits per heavy atom. The Morgan fingerprint density at radius 1 is 1.04 bits per heavy atom. The summed E-state index contributed by atoms with van der Waals surface area (Å²) in [7, 11) is 0. The second kappa shape index (κ2) is 8.69. The molecule has 0 aliphatic heterocycles. The summed E-state index contributed by atoms with van der Waals surface area (Å²) in [6, 6.07) is 14.5. The molecule has 1 heterocycles. The molecule has 146 valence electrons. The van der Waals surface area contributed by atoms with E-state index in [0.29, 0.717) is 6.54 Å². The first-order chi connectivity index (χ1) is 13.4. The normalized spacial score (nSPS) is 11.4. The fourth-order valence-corrected chi connectivity index (χ4v) is 2.61. The number of amides is 1. The lowest BCUT2D eigenvalue weighted by Crippen LogP contribution is -2.25. The van der Waals surface area contributed by atoms with Crippen LogP contribution < -0.4 is 5.32 Å². The zero-order valence-corrected chi connectivity index (χ0v) is 14.9. The fourth-order valence-electron chi connectivity index (χ4n) is 2.61. The standard InChI is InChI=1S/C20H18F3N3O2/c21-20(22,23)16-8-4-7-15(13-16)19-25-18(28-26-19)10-9-17(27)24-12-11-14-5-2-1-3-6-14/h1-8,13H,9-12H2,(H,24,27). The van der Waals surface area contributed by atoms with Crippen molar-refractivity contribution in [2.24, 2.45) is 0 Å². The molecule has 0 unspecified atom stereocenters. The van der Waals surface area contributed by atoms with Gasteiger partial charge in [0.05, 0.1) is 5.56 Å². The number of benzene rings is 2. The van der Waals surface area contributed by atoms with Crippen LogP contribution in [-0.4, -0.2) is 22.6 Å². The van der Waals surface area contributed by atoms with Gasteiger partial charge in [-0.1, -0.05) is 47.6 Å². The minimum Gasteiger partial charge on any atom is -0.356 e. The molecule has 3 rings (SSSR count). The van der Waals surface area contributed by atoms with Crippen molar-refractivity contribution >= 4 is 5.91 Å². The number of aromatic nitrogens is 2. The smallest absolute Gasteiger partial charge is 0.356 e. The number of rotatable bonds is 7. The van der Waals surface area contributed by atoms with Crippen molar-refractivity contribution in [3.8, 4) is 11.4 Å². The van der Waals surface area contributed by atoms with E-state index in [-0.39, 0.29) is 36.0 Å². The van der Waals surface area contributed by atoms with Gasteiger partial charge >= 0.3 is 6.18 Å². The maximum absolute atomic E-state index is 12.8. The van der Waals surface area contributed by atoms with Crippen molar-refractivity contribution in [1.82, 2.24) is 15.5 Å². The molecule has 3 aromatic rings. The molecule has 8 heteroatoms. The molecule has 0 aliphatic carbocycles. The Hall–Kier alpha value is -3.16. The van der Waals surface area contributed by atoms with Gasteiger partial charge in [-0.3, -0.25) is 4.79 Å². The maximum Gasteiger partial charge on any atom is 0.416 e. The van der Waals surface area contributed by atoms with Crippen LogP contribution in [0.1, 0.15) is 23.4 Å². The van der Waals surface area contributed by atoms with Gasteiger partial charge in [-0.15, -0.1) is 0 Å². The van der Waals surface area contributed by atoms with Crippen molar-refractivity contribution in [3.05, 3.63) is 71.6 Å². The van der Waals surface area contributed by atoms with Gasteiger partial charge in [0.25, 0.3) is 0 Å². The zero-order chi connectivity index (χ0) is 20.0.